The molecule has 1 amide bonds. The van der Waals surface area contributed by atoms with Crippen LogP contribution in [0.2, 0.25) is 0 Å². The number of benzene rings is 3. The highest BCUT2D eigenvalue weighted by molar-refractivity contribution is 6.51. The number of hydrogen-bond acceptors (Lipinski definition) is 4. The first-order valence-electron chi connectivity index (χ1n) is 10.3. The number of nitrogens with zero attached hydrogens (tertiary/aromatic N) is 1. The van der Waals surface area contributed by atoms with Gasteiger partial charge in [-0.2, -0.15) is 0 Å². The van der Waals surface area contributed by atoms with Crippen molar-refractivity contribution in [3.63, 3.8) is 0 Å². The number of aliphatic hydroxyl groups excluding tert-OH is 1. The number of anilines is 1. The van der Waals surface area contributed by atoms with Crippen LogP contribution < -0.4 is 9.64 Å². The highest BCUT2D eigenvalue weighted by atomic mass is 19.1. The molecule has 0 radical (unpaired) electrons. The van der Waals surface area contributed by atoms with Crippen molar-refractivity contribution in [2.75, 3.05) is 11.5 Å². The van der Waals surface area contributed by atoms with Crippen LogP contribution in [0.15, 0.2) is 78.4 Å². The van der Waals surface area contributed by atoms with Crippen LogP contribution in [0.5, 0.6) is 5.75 Å². The summed E-state index contributed by atoms with van der Waals surface area (Å²) in [6, 6.07) is 18.5. The molecule has 1 N–H and O–H groups in total. The topological polar surface area (TPSA) is 66.8 Å². The monoisotopic (exact) mass is 431 g/mol. The zero-order chi connectivity index (χ0) is 22.8. The van der Waals surface area contributed by atoms with E-state index in [4.69, 9.17) is 4.74 Å². The summed E-state index contributed by atoms with van der Waals surface area (Å²) < 4.78 is 19.1. The second kappa shape index (κ2) is 8.67. The van der Waals surface area contributed by atoms with Gasteiger partial charge >= 0.3 is 0 Å². The van der Waals surface area contributed by atoms with Gasteiger partial charge in [0.1, 0.15) is 17.3 Å². The van der Waals surface area contributed by atoms with Gasteiger partial charge in [-0.05, 0) is 67.4 Å². The van der Waals surface area contributed by atoms with Gasteiger partial charge in [0.2, 0.25) is 0 Å². The minimum Gasteiger partial charge on any atom is -0.507 e. The summed E-state index contributed by atoms with van der Waals surface area (Å²) in [5.74, 6) is -1.61. The molecule has 0 aromatic heterocycles. The van der Waals surface area contributed by atoms with Gasteiger partial charge in [0, 0.05) is 11.3 Å². The zero-order valence-electron chi connectivity index (χ0n) is 17.7. The third-order valence-electron chi connectivity index (χ3n) is 5.41. The number of ether oxygens (including phenoxy) is 1. The highest BCUT2D eigenvalue weighted by Crippen LogP contribution is 2.42. The zero-order valence-corrected chi connectivity index (χ0v) is 17.7. The third-order valence-corrected chi connectivity index (χ3v) is 5.41. The van der Waals surface area contributed by atoms with Gasteiger partial charge in [0.15, 0.2) is 0 Å². The Morgan fingerprint density at radius 1 is 1.03 bits per heavy atom. The van der Waals surface area contributed by atoms with Crippen molar-refractivity contribution in [1.29, 1.82) is 0 Å². The maximum absolute atomic E-state index is 13.6. The number of hydrogen-bond donors (Lipinski definition) is 1. The van der Waals surface area contributed by atoms with Gasteiger partial charge in [-0.3, -0.25) is 14.5 Å². The summed E-state index contributed by atoms with van der Waals surface area (Å²) in [6.07, 6.45) is 0. The van der Waals surface area contributed by atoms with Crippen molar-refractivity contribution < 1.29 is 23.8 Å². The number of Topliss-reactive ketones (excluding diaryl/α,β-unsaturated/α-hetero) is 1. The predicted octanol–water partition coefficient (Wildman–Crippen LogP) is 5.16. The molecule has 0 aliphatic carbocycles. The van der Waals surface area contributed by atoms with E-state index < -0.39 is 23.5 Å². The molecule has 32 heavy (non-hydrogen) atoms. The van der Waals surface area contributed by atoms with E-state index in [2.05, 4.69) is 0 Å². The van der Waals surface area contributed by atoms with Crippen LogP contribution in [0.3, 0.4) is 0 Å². The first kappa shape index (κ1) is 21.3. The van der Waals surface area contributed by atoms with E-state index in [1.165, 1.54) is 29.2 Å². The van der Waals surface area contributed by atoms with E-state index in [1.54, 1.807) is 48.5 Å². The molecular weight excluding hydrogens is 409 g/mol. The van der Waals surface area contributed by atoms with Crippen LogP contribution >= 0.6 is 0 Å². The maximum Gasteiger partial charge on any atom is 0.300 e. The Balaban J connectivity index is 1.90. The number of rotatable bonds is 5. The van der Waals surface area contributed by atoms with Crippen molar-refractivity contribution in [3.05, 3.63) is 101 Å². The fourth-order valence-corrected chi connectivity index (χ4v) is 3.92. The molecule has 1 fully saturated rings. The molecule has 1 unspecified atom stereocenters. The van der Waals surface area contributed by atoms with Gasteiger partial charge in [-0.1, -0.05) is 30.3 Å². The summed E-state index contributed by atoms with van der Waals surface area (Å²) in [6.45, 7) is 4.21. The van der Waals surface area contributed by atoms with Crippen LogP contribution in [0.1, 0.15) is 29.7 Å². The molecule has 3 aromatic rings. The first-order valence-corrected chi connectivity index (χ1v) is 10.3. The van der Waals surface area contributed by atoms with E-state index in [-0.39, 0.29) is 11.3 Å². The summed E-state index contributed by atoms with van der Waals surface area (Å²) >= 11 is 0. The van der Waals surface area contributed by atoms with Crippen LogP contribution in [0.4, 0.5) is 10.1 Å². The first-order chi connectivity index (χ1) is 15.4. The fourth-order valence-electron chi connectivity index (χ4n) is 3.92. The minimum absolute atomic E-state index is 0.0472. The molecule has 4 rings (SSSR count). The van der Waals surface area contributed by atoms with Crippen molar-refractivity contribution in [2.24, 2.45) is 0 Å². The SMILES string of the molecule is CCOc1ccc(/C(O)=C2/C(=O)C(=O)N(c3ccccc3)C2c2ccc(F)cc2)cc1C. The third kappa shape index (κ3) is 3.75. The van der Waals surface area contributed by atoms with E-state index in [9.17, 15) is 19.1 Å². The maximum atomic E-state index is 13.6. The van der Waals surface area contributed by atoms with Gasteiger partial charge in [-0.15, -0.1) is 0 Å². The van der Waals surface area contributed by atoms with Crippen LogP contribution in [-0.4, -0.2) is 23.4 Å². The normalized spacial score (nSPS) is 17.6. The molecule has 3 aromatic carbocycles. The van der Waals surface area contributed by atoms with Crippen LogP contribution in [0, 0.1) is 12.7 Å². The van der Waals surface area contributed by atoms with Gasteiger partial charge in [-0.25, -0.2) is 4.39 Å². The average molecular weight is 431 g/mol. The Labute approximate surface area is 185 Å². The lowest BCUT2D eigenvalue weighted by atomic mass is 9.94. The van der Waals surface area contributed by atoms with E-state index in [0.717, 1.165) is 5.56 Å². The molecule has 0 bridgehead atoms. The Hall–Kier alpha value is -3.93. The predicted molar refractivity (Wildman–Crippen MR) is 120 cm³/mol. The standard InChI is InChI=1S/C26H22FNO4/c1-3-32-21-14-11-18(15-16(21)2)24(29)22-23(17-9-12-19(27)13-10-17)28(26(31)25(22)30)20-7-5-4-6-8-20/h4-15,23,29H,3H2,1-2H3/b24-22-. The number of carbonyl (C=O) groups is 2. The Bertz CT molecular complexity index is 1200. The summed E-state index contributed by atoms with van der Waals surface area (Å²) in [5.41, 5.74) is 2.15. The lowest BCUT2D eigenvalue weighted by Crippen LogP contribution is -2.29. The summed E-state index contributed by atoms with van der Waals surface area (Å²) in [4.78, 5) is 27.5. The molecule has 162 valence electrons. The molecule has 0 spiro atoms. The number of aryl methyl sites for hydroxylation is 1. The van der Waals surface area contributed by atoms with Crippen molar-refractivity contribution in [3.8, 4) is 5.75 Å². The Morgan fingerprint density at radius 3 is 2.34 bits per heavy atom. The molecule has 1 aliphatic heterocycles. The molecule has 1 atom stereocenters. The number of carbonyl (C=O) groups excluding carboxylic acids is 2. The molecule has 1 saturated heterocycles. The van der Waals surface area contributed by atoms with Crippen molar-refractivity contribution in [2.45, 2.75) is 19.9 Å². The molecule has 5 nitrogen and oxygen atoms in total. The second-order valence-corrected chi connectivity index (χ2v) is 7.47. The number of para-hydroxylation sites is 1. The molecule has 6 heteroatoms. The lowest BCUT2D eigenvalue weighted by molar-refractivity contribution is -0.132. The number of amides is 1. The van der Waals surface area contributed by atoms with Crippen molar-refractivity contribution >= 4 is 23.1 Å². The van der Waals surface area contributed by atoms with Crippen LogP contribution in [0.25, 0.3) is 5.76 Å². The number of halogens is 1. The van der Waals surface area contributed by atoms with Gasteiger partial charge < -0.3 is 9.84 Å². The smallest absolute Gasteiger partial charge is 0.300 e. The van der Waals surface area contributed by atoms with Gasteiger partial charge in [0.05, 0.1) is 18.2 Å². The lowest BCUT2D eigenvalue weighted by Gasteiger charge is -2.25. The van der Waals surface area contributed by atoms with E-state index in [0.29, 0.717) is 29.2 Å². The molecule has 1 aliphatic rings. The van der Waals surface area contributed by atoms with Crippen LogP contribution in [-0.2, 0) is 9.59 Å². The Kier molecular flexibility index (Phi) is 5.77. The average Bonchev–Trinajstić information content (AvgIpc) is 3.06. The molecule has 1 heterocycles. The van der Waals surface area contributed by atoms with Gasteiger partial charge in [0.25, 0.3) is 11.7 Å². The fraction of sp³-hybridized carbons (Fsp3) is 0.154. The number of ketones is 1. The van der Waals surface area contributed by atoms with E-state index >= 15 is 0 Å². The van der Waals surface area contributed by atoms with Crippen molar-refractivity contribution in [1.82, 2.24) is 0 Å². The Morgan fingerprint density at radius 2 is 1.72 bits per heavy atom. The quantitative estimate of drug-likeness (QED) is 0.344. The largest absolute Gasteiger partial charge is 0.507 e. The van der Waals surface area contributed by atoms with E-state index in [1.807, 2.05) is 13.8 Å². The molecular formula is C26H22FNO4. The molecule has 0 saturated carbocycles. The second-order valence-electron chi connectivity index (χ2n) is 7.47. The highest BCUT2D eigenvalue weighted by Gasteiger charge is 2.46. The summed E-state index contributed by atoms with van der Waals surface area (Å²) in [7, 11) is 0. The number of aliphatic hydroxyl groups is 1. The minimum atomic E-state index is -0.898. The summed E-state index contributed by atoms with van der Waals surface area (Å²) in [5, 5.41) is 11.2.